The van der Waals surface area contributed by atoms with E-state index in [-0.39, 0.29) is 5.75 Å². The Morgan fingerprint density at radius 3 is 2.73 bits per heavy atom. The minimum Gasteiger partial charge on any atom is -0.212 e. The molecule has 1 aliphatic carbocycles. The summed E-state index contributed by atoms with van der Waals surface area (Å²) in [7, 11) is 1.84. The number of hydrogen-bond acceptors (Lipinski definition) is 3. The summed E-state index contributed by atoms with van der Waals surface area (Å²) in [5, 5.41) is 0. The normalized spacial score (nSPS) is 17.1. The number of thiophene rings is 1. The monoisotopic (exact) mass is 264 g/mol. The van der Waals surface area contributed by atoms with E-state index in [0.717, 1.165) is 17.7 Å². The lowest BCUT2D eigenvalue weighted by molar-refractivity contribution is 0.609. The summed E-state index contributed by atoms with van der Waals surface area (Å²) in [5.41, 5.74) is 1.34. The zero-order valence-corrected chi connectivity index (χ0v) is 10.7. The van der Waals surface area contributed by atoms with Crippen LogP contribution in [0.25, 0.3) is 0 Å². The molecule has 2 nitrogen and oxygen atoms in total. The first-order valence-corrected chi connectivity index (χ1v) is 8.37. The van der Waals surface area contributed by atoms with Gasteiger partial charge >= 0.3 is 0 Å². The van der Waals surface area contributed by atoms with Crippen LogP contribution < -0.4 is 0 Å². The van der Waals surface area contributed by atoms with Crippen LogP contribution in [0.3, 0.4) is 0 Å². The van der Waals surface area contributed by atoms with Crippen molar-refractivity contribution in [2.24, 2.45) is 0 Å². The molecule has 2 rings (SSSR count). The fourth-order valence-corrected chi connectivity index (χ4v) is 4.70. The van der Waals surface area contributed by atoms with Crippen LogP contribution in [-0.2, 0) is 27.6 Å². The Balaban J connectivity index is 2.22. The first kappa shape index (κ1) is 11.4. The van der Waals surface area contributed by atoms with Crippen LogP contribution in [0.4, 0.5) is 0 Å². The van der Waals surface area contributed by atoms with Crippen molar-refractivity contribution in [1.82, 2.24) is 0 Å². The minimum absolute atomic E-state index is 0.0216. The largest absolute Gasteiger partial charge is 0.237 e. The summed E-state index contributed by atoms with van der Waals surface area (Å²) in [6.07, 6.45) is 5.92. The Hall–Kier alpha value is -0.0600. The lowest BCUT2D eigenvalue weighted by Gasteiger charge is -1.93. The van der Waals surface area contributed by atoms with Crippen molar-refractivity contribution in [3.8, 4) is 0 Å². The summed E-state index contributed by atoms with van der Waals surface area (Å²) in [6, 6.07) is 2.02. The molecule has 1 aromatic rings. The van der Waals surface area contributed by atoms with Crippen molar-refractivity contribution < 1.29 is 8.42 Å². The van der Waals surface area contributed by atoms with E-state index < -0.39 is 9.05 Å². The average Bonchev–Trinajstić information content (AvgIpc) is 2.32. The maximum Gasteiger partial charge on any atom is 0.237 e. The molecule has 1 aliphatic rings. The minimum atomic E-state index is -3.40. The van der Waals surface area contributed by atoms with Gasteiger partial charge in [0, 0.05) is 20.4 Å². The van der Waals surface area contributed by atoms with Crippen LogP contribution >= 0.6 is 22.0 Å². The predicted octanol–water partition coefficient (Wildman–Crippen LogP) is 3.09. The highest BCUT2D eigenvalue weighted by molar-refractivity contribution is 8.13. The Bertz CT molecular complexity index is 424. The van der Waals surface area contributed by atoms with Crippen LogP contribution in [0.2, 0.25) is 0 Å². The van der Waals surface area contributed by atoms with E-state index in [4.69, 9.17) is 10.7 Å². The molecule has 0 N–H and O–H groups in total. The van der Waals surface area contributed by atoms with Crippen molar-refractivity contribution in [3.05, 3.63) is 21.4 Å². The molecule has 0 bridgehead atoms. The van der Waals surface area contributed by atoms with Crippen LogP contribution in [-0.4, -0.2) is 8.42 Å². The molecule has 0 fully saturated rings. The predicted molar refractivity (Wildman–Crippen MR) is 64.1 cm³/mol. The van der Waals surface area contributed by atoms with E-state index in [9.17, 15) is 8.42 Å². The zero-order chi connectivity index (χ0) is 10.9. The van der Waals surface area contributed by atoms with E-state index in [1.54, 1.807) is 11.3 Å². The van der Waals surface area contributed by atoms with Crippen LogP contribution in [0, 0.1) is 0 Å². The van der Waals surface area contributed by atoms with Crippen molar-refractivity contribution in [2.75, 3.05) is 0 Å². The van der Waals surface area contributed by atoms with Crippen LogP contribution in [0.1, 0.15) is 34.6 Å². The molecular formula is C10H13ClO2S2. The van der Waals surface area contributed by atoms with E-state index in [1.165, 1.54) is 29.7 Å². The molecular weight excluding hydrogens is 252 g/mol. The summed E-state index contributed by atoms with van der Waals surface area (Å²) < 4.78 is 21.9. The molecule has 0 radical (unpaired) electrons. The Morgan fingerprint density at radius 1 is 1.27 bits per heavy atom. The molecule has 84 valence electrons. The van der Waals surface area contributed by atoms with Gasteiger partial charge in [-0.05, 0) is 37.3 Å². The van der Waals surface area contributed by atoms with E-state index in [0.29, 0.717) is 0 Å². The molecule has 0 aliphatic heterocycles. The van der Waals surface area contributed by atoms with Gasteiger partial charge in [0.1, 0.15) is 0 Å². The second kappa shape index (κ2) is 4.44. The standard InChI is InChI=1S/C10H13ClO2S2/c11-15(12,13)7-9-6-8-4-2-1-3-5-10(8)14-9/h6H,1-5,7H2. The van der Waals surface area contributed by atoms with E-state index in [1.807, 2.05) is 6.07 Å². The fourth-order valence-electron chi connectivity index (χ4n) is 1.97. The molecule has 1 aromatic heterocycles. The van der Waals surface area contributed by atoms with Gasteiger partial charge < -0.3 is 0 Å². The third kappa shape index (κ3) is 3.20. The van der Waals surface area contributed by atoms with Gasteiger partial charge in [0.15, 0.2) is 0 Å². The molecule has 0 saturated carbocycles. The van der Waals surface area contributed by atoms with Crippen molar-refractivity contribution in [1.29, 1.82) is 0 Å². The first-order chi connectivity index (χ1) is 7.04. The zero-order valence-electron chi connectivity index (χ0n) is 8.33. The molecule has 0 amide bonds. The van der Waals surface area contributed by atoms with E-state index in [2.05, 4.69) is 0 Å². The Labute approximate surface area is 98.7 Å². The average molecular weight is 265 g/mol. The molecule has 0 saturated heterocycles. The molecule has 15 heavy (non-hydrogen) atoms. The van der Waals surface area contributed by atoms with Crippen molar-refractivity contribution in [3.63, 3.8) is 0 Å². The van der Waals surface area contributed by atoms with Gasteiger partial charge in [0.05, 0.1) is 5.75 Å². The third-order valence-electron chi connectivity index (χ3n) is 2.61. The lowest BCUT2D eigenvalue weighted by Crippen LogP contribution is -1.91. The highest BCUT2D eigenvalue weighted by Gasteiger charge is 2.15. The Kier molecular flexibility index (Phi) is 3.38. The van der Waals surface area contributed by atoms with Gasteiger partial charge in [-0.1, -0.05) is 6.42 Å². The summed E-state index contributed by atoms with van der Waals surface area (Å²) >= 11 is 1.61. The molecule has 0 spiro atoms. The highest BCUT2D eigenvalue weighted by atomic mass is 35.7. The summed E-state index contributed by atoms with van der Waals surface area (Å²) in [6.45, 7) is 0. The van der Waals surface area contributed by atoms with E-state index >= 15 is 0 Å². The van der Waals surface area contributed by atoms with Gasteiger partial charge in [-0.2, -0.15) is 0 Å². The van der Waals surface area contributed by atoms with Crippen molar-refractivity contribution in [2.45, 2.75) is 37.9 Å². The Morgan fingerprint density at radius 2 is 2.00 bits per heavy atom. The molecule has 5 heteroatoms. The number of fused-ring (bicyclic) bond motifs is 1. The maximum absolute atomic E-state index is 11.0. The second-order valence-electron chi connectivity index (χ2n) is 3.90. The van der Waals surface area contributed by atoms with Gasteiger partial charge in [-0.25, -0.2) is 8.42 Å². The quantitative estimate of drug-likeness (QED) is 0.608. The number of hydrogen-bond donors (Lipinski definition) is 0. The number of aryl methyl sites for hydroxylation is 2. The van der Waals surface area contributed by atoms with Gasteiger partial charge in [0.25, 0.3) is 0 Å². The highest BCUT2D eigenvalue weighted by Crippen LogP contribution is 2.30. The number of halogens is 1. The third-order valence-corrected chi connectivity index (χ3v) is 5.02. The summed E-state index contributed by atoms with van der Waals surface area (Å²) in [4.78, 5) is 2.25. The second-order valence-corrected chi connectivity index (χ2v) is 7.90. The number of rotatable bonds is 2. The van der Waals surface area contributed by atoms with Crippen LogP contribution in [0.15, 0.2) is 6.07 Å². The summed E-state index contributed by atoms with van der Waals surface area (Å²) in [5.74, 6) is -0.0216. The molecule has 0 unspecified atom stereocenters. The maximum atomic E-state index is 11.0. The van der Waals surface area contributed by atoms with Gasteiger partial charge in [-0.3, -0.25) is 0 Å². The lowest BCUT2D eigenvalue weighted by atomic mass is 10.1. The van der Waals surface area contributed by atoms with Gasteiger partial charge in [0.2, 0.25) is 9.05 Å². The molecule has 1 heterocycles. The molecule has 0 aromatic carbocycles. The fraction of sp³-hybridized carbons (Fsp3) is 0.600. The van der Waals surface area contributed by atoms with Crippen LogP contribution in [0.5, 0.6) is 0 Å². The topological polar surface area (TPSA) is 34.1 Å². The SMILES string of the molecule is O=S(=O)(Cl)Cc1cc2c(s1)CCCCC2. The smallest absolute Gasteiger partial charge is 0.212 e. The molecule has 0 atom stereocenters. The van der Waals surface area contributed by atoms with Crippen molar-refractivity contribution >= 4 is 31.1 Å². The first-order valence-electron chi connectivity index (χ1n) is 5.07. The van der Waals surface area contributed by atoms with Gasteiger partial charge in [-0.15, -0.1) is 11.3 Å².